The van der Waals surface area contributed by atoms with Gasteiger partial charge in [-0.05, 0) is 55.4 Å². The number of sulfonamides is 1. The van der Waals surface area contributed by atoms with Crippen LogP contribution in [0.2, 0.25) is 0 Å². The van der Waals surface area contributed by atoms with Crippen molar-refractivity contribution in [3.8, 4) is 0 Å². The molecular formula is C15H22FNO2S. The maximum absolute atomic E-state index is 12.9. The Balaban J connectivity index is 2.16. The minimum absolute atomic E-state index is 0.182. The van der Waals surface area contributed by atoms with E-state index in [1.807, 2.05) is 0 Å². The lowest BCUT2D eigenvalue weighted by Crippen LogP contribution is -2.32. The van der Waals surface area contributed by atoms with Crippen LogP contribution >= 0.6 is 0 Å². The summed E-state index contributed by atoms with van der Waals surface area (Å²) in [6.45, 7) is 5.50. The molecule has 1 unspecified atom stereocenters. The zero-order chi connectivity index (χ0) is 14.8. The summed E-state index contributed by atoms with van der Waals surface area (Å²) >= 11 is 0. The van der Waals surface area contributed by atoms with Crippen LogP contribution < -0.4 is 0 Å². The minimum Gasteiger partial charge on any atom is -0.207 e. The fourth-order valence-electron chi connectivity index (χ4n) is 2.76. The monoisotopic (exact) mass is 299 g/mol. The summed E-state index contributed by atoms with van der Waals surface area (Å²) in [6.07, 6.45) is 2.87. The van der Waals surface area contributed by atoms with Crippen molar-refractivity contribution >= 4 is 10.0 Å². The SMILES string of the molecule is CC(C)C1CCCN(S(=O)(=O)c2ccc(F)cc2)CC1. The lowest BCUT2D eigenvalue weighted by molar-refractivity contribution is 0.341. The quantitative estimate of drug-likeness (QED) is 0.859. The van der Waals surface area contributed by atoms with Crippen molar-refractivity contribution in [3.63, 3.8) is 0 Å². The molecule has 0 aliphatic carbocycles. The first kappa shape index (κ1) is 15.4. The first-order chi connectivity index (χ1) is 9.41. The van der Waals surface area contributed by atoms with E-state index in [1.54, 1.807) is 4.31 Å². The summed E-state index contributed by atoms with van der Waals surface area (Å²) < 4.78 is 39.5. The van der Waals surface area contributed by atoms with Gasteiger partial charge in [-0.15, -0.1) is 0 Å². The van der Waals surface area contributed by atoms with Gasteiger partial charge in [-0.2, -0.15) is 4.31 Å². The number of halogens is 1. The summed E-state index contributed by atoms with van der Waals surface area (Å²) in [5.74, 6) is 0.756. The number of benzene rings is 1. The Kier molecular flexibility index (Phi) is 4.81. The maximum atomic E-state index is 12.9. The van der Waals surface area contributed by atoms with Gasteiger partial charge in [-0.25, -0.2) is 12.8 Å². The molecule has 1 aromatic rings. The molecule has 1 aliphatic heterocycles. The zero-order valence-electron chi connectivity index (χ0n) is 12.0. The fraction of sp³-hybridized carbons (Fsp3) is 0.600. The Labute approximate surface area is 120 Å². The molecule has 0 radical (unpaired) electrons. The van der Waals surface area contributed by atoms with Crippen LogP contribution in [0.25, 0.3) is 0 Å². The largest absolute Gasteiger partial charge is 0.243 e. The highest BCUT2D eigenvalue weighted by molar-refractivity contribution is 7.89. The van der Waals surface area contributed by atoms with Gasteiger partial charge >= 0.3 is 0 Å². The molecule has 3 nitrogen and oxygen atoms in total. The third kappa shape index (κ3) is 3.38. The lowest BCUT2D eigenvalue weighted by atomic mass is 9.89. The smallest absolute Gasteiger partial charge is 0.207 e. The summed E-state index contributed by atoms with van der Waals surface area (Å²) in [5.41, 5.74) is 0. The molecule has 0 N–H and O–H groups in total. The third-order valence-electron chi connectivity index (χ3n) is 4.13. The molecule has 0 spiro atoms. The van der Waals surface area contributed by atoms with Crippen molar-refractivity contribution in [2.75, 3.05) is 13.1 Å². The van der Waals surface area contributed by atoms with Crippen molar-refractivity contribution in [3.05, 3.63) is 30.1 Å². The van der Waals surface area contributed by atoms with Gasteiger partial charge in [0.05, 0.1) is 4.90 Å². The van der Waals surface area contributed by atoms with Gasteiger partial charge in [0.1, 0.15) is 5.82 Å². The molecule has 0 saturated carbocycles. The normalized spacial score (nSPS) is 21.9. The molecule has 20 heavy (non-hydrogen) atoms. The number of rotatable bonds is 3. The van der Waals surface area contributed by atoms with Gasteiger partial charge in [0.2, 0.25) is 10.0 Å². The highest BCUT2D eigenvalue weighted by Crippen LogP contribution is 2.27. The lowest BCUT2D eigenvalue weighted by Gasteiger charge is -2.21. The van der Waals surface area contributed by atoms with Crippen LogP contribution in [-0.2, 0) is 10.0 Å². The number of nitrogens with zero attached hydrogens (tertiary/aromatic N) is 1. The number of hydrogen-bond acceptors (Lipinski definition) is 2. The van der Waals surface area contributed by atoms with Crippen molar-refractivity contribution in [2.45, 2.75) is 38.0 Å². The first-order valence-electron chi connectivity index (χ1n) is 7.17. The Morgan fingerprint density at radius 2 is 1.80 bits per heavy atom. The van der Waals surface area contributed by atoms with E-state index in [0.717, 1.165) is 19.3 Å². The van der Waals surface area contributed by atoms with E-state index in [1.165, 1.54) is 24.3 Å². The highest BCUT2D eigenvalue weighted by Gasteiger charge is 2.28. The van der Waals surface area contributed by atoms with Gasteiger partial charge < -0.3 is 0 Å². The summed E-state index contributed by atoms with van der Waals surface area (Å²) in [5, 5.41) is 0. The Hall–Kier alpha value is -0.940. The van der Waals surface area contributed by atoms with E-state index in [4.69, 9.17) is 0 Å². The van der Waals surface area contributed by atoms with Crippen LogP contribution in [0.5, 0.6) is 0 Å². The van der Waals surface area contributed by atoms with Crippen molar-refractivity contribution in [2.24, 2.45) is 11.8 Å². The van der Waals surface area contributed by atoms with Gasteiger partial charge in [-0.3, -0.25) is 0 Å². The standard InChI is InChI=1S/C15H22FNO2S/c1-12(2)13-4-3-10-17(11-9-13)20(18,19)15-7-5-14(16)6-8-15/h5-8,12-13H,3-4,9-11H2,1-2H3. The van der Waals surface area contributed by atoms with Gasteiger partial charge in [0, 0.05) is 13.1 Å². The Morgan fingerprint density at radius 1 is 1.15 bits per heavy atom. The second-order valence-electron chi connectivity index (χ2n) is 5.79. The zero-order valence-corrected chi connectivity index (χ0v) is 12.9. The van der Waals surface area contributed by atoms with Crippen LogP contribution in [-0.4, -0.2) is 25.8 Å². The Morgan fingerprint density at radius 3 is 2.40 bits per heavy atom. The molecule has 1 heterocycles. The molecule has 0 aromatic heterocycles. The van der Waals surface area contributed by atoms with Crippen molar-refractivity contribution in [1.82, 2.24) is 4.31 Å². The summed E-state index contributed by atoms with van der Waals surface area (Å²) in [7, 11) is -3.48. The molecule has 1 fully saturated rings. The molecule has 0 amide bonds. The second kappa shape index (κ2) is 6.22. The van der Waals surface area contributed by atoms with Crippen LogP contribution in [0.3, 0.4) is 0 Å². The van der Waals surface area contributed by atoms with Crippen molar-refractivity contribution in [1.29, 1.82) is 0 Å². The van der Waals surface area contributed by atoms with Crippen LogP contribution in [0.1, 0.15) is 33.1 Å². The molecular weight excluding hydrogens is 277 g/mol. The Bertz CT molecular complexity index is 539. The van der Waals surface area contributed by atoms with E-state index in [0.29, 0.717) is 24.9 Å². The predicted molar refractivity (Wildman–Crippen MR) is 77.3 cm³/mol. The average Bonchev–Trinajstić information content (AvgIpc) is 2.65. The average molecular weight is 299 g/mol. The van der Waals surface area contributed by atoms with E-state index in [-0.39, 0.29) is 4.90 Å². The molecule has 5 heteroatoms. The van der Waals surface area contributed by atoms with E-state index < -0.39 is 15.8 Å². The molecule has 1 saturated heterocycles. The molecule has 1 aliphatic rings. The number of hydrogen-bond donors (Lipinski definition) is 0. The summed E-state index contributed by atoms with van der Waals surface area (Å²) in [6, 6.07) is 5.08. The summed E-state index contributed by atoms with van der Waals surface area (Å²) in [4.78, 5) is 0.182. The molecule has 1 atom stereocenters. The van der Waals surface area contributed by atoms with E-state index >= 15 is 0 Å². The first-order valence-corrected chi connectivity index (χ1v) is 8.61. The maximum Gasteiger partial charge on any atom is 0.243 e. The fourth-order valence-corrected chi connectivity index (χ4v) is 4.25. The van der Waals surface area contributed by atoms with E-state index in [2.05, 4.69) is 13.8 Å². The third-order valence-corrected chi connectivity index (χ3v) is 6.04. The topological polar surface area (TPSA) is 37.4 Å². The minimum atomic E-state index is -3.48. The molecule has 0 bridgehead atoms. The second-order valence-corrected chi connectivity index (χ2v) is 7.73. The predicted octanol–water partition coefficient (Wildman–Crippen LogP) is 3.27. The van der Waals surface area contributed by atoms with Crippen LogP contribution in [0.15, 0.2) is 29.2 Å². The molecule has 2 rings (SSSR count). The highest BCUT2D eigenvalue weighted by atomic mass is 32.2. The van der Waals surface area contributed by atoms with E-state index in [9.17, 15) is 12.8 Å². The van der Waals surface area contributed by atoms with Crippen molar-refractivity contribution < 1.29 is 12.8 Å². The van der Waals surface area contributed by atoms with Gasteiger partial charge in [0.25, 0.3) is 0 Å². The van der Waals surface area contributed by atoms with Crippen LogP contribution in [0, 0.1) is 17.7 Å². The van der Waals surface area contributed by atoms with Gasteiger partial charge in [0.15, 0.2) is 0 Å². The molecule has 1 aromatic carbocycles. The molecule has 112 valence electrons. The van der Waals surface area contributed by atoms with Gasteiger partial charge in [-0.1, -0.05) is 13.8 Å². The van der Waals surface area contributed by atoms with Crippen LogP contribution in [0.4, 0.5) is 4.39 Å².